The van der Waals surface area contributed by atoms with Crippen molar-refractivity contribution in [1.82, 2.24) is 10.3 Å². The predicted molar refractivity (Wildman–Crippen MR) is 61.5 cm³/mol. The van der Waals surface area contributed by atoms with Crippen LogP contribution in [0.5, 0.6) is 0 Å². The van der Waals surface area contributed by atoms with Crippen LogP contribution in [0.3, 0.4) is 0 Å². The van der Waals surface area contributed by atoms with E-state index in [-0.39, 0.29) is 12.4 Å². The molecule has 15 heavy (non-hydrogen) atoms. The molecule has 1 aliphatic rings. The second kappa shape index (κ2) is 5.08. The Morgan fingerprint density at radius 3 is 3.00 bits per heavy atom. The Morgan fingerprint density at radius 2 is 2.40 bits per heavy atom. The summed E-state index contributed by atoms with van der Waals surface area (Å²) in [5.74, 6) is -0.426. The lowest BCUT2D eigenvalue weighted by Crippen LogP contribution is -2.29. The summed E-state index contributed by atoms with van der Waals surface area (Å²) in [6.45, 7) is 0.796. The van der Waals surface area contributed by atoms with Gasteiger partial charge in [-0.1, -0.05) is 6.07 Å². The summed E-state index contributed by atoms with van der Waals surface area (Å²) in [5.41, 5.74) is 0.804. The van der Waals surface area contributed by atoms with Crippen molar-refractivity contribution in [3.63, 3.8) is 0 Å². The van der Waals surface area contributed by atoms with E-state index in [4.69, 9.17) is 0 Å². The monoisotopic (exact) mass is 248 g/mol. The number of pyridine rings is 1. The fraction of sp³-hybridized carbons (Fsp3) is 0.444. The van der Waals surface area contributed by atoms with Gasteiger partial charge in [0.15, 0.2) is 0 Å². The van der Waals surface area contributed by atoms with Crippen molar-refractivity contribution in [2.45, 2.75) is 12.2 Å². The third kappa shape index (κ3) is 2.79. The number of hydrogen-bond donors (Lipinski definition) is 2. The lowest BCUT2D eigenvalue weighted by atomic mass is 10.3. The van der Waals surface area contributed by atoms with Crippen LogP contribution < -0.4 is 5.32 Å². The highest BCUT2D eigenvalue weighted by molar-refractivity contribution is 7.58. The second-order valence-electron chi connectivity index (χ2n) is 3.48. The zero-order valence-electron chi connectivity index (χ0n) is 8.17. The predicted octanol–water partition coefficient (Wildman–Crippen LogP) is 1.77. The standard InChI is InChI=1S/C9H13N2O2P.ClH/c12-14(13)6-2-5-11-9(14)8-3-1-4-10-7-8;/h1,3-4,7,9,11H,2,5-6H2,(H,12,13);1H. The summed E-state index contributed by atoms with van der Waals surface area (Å²) >= 11 is 0. The van der Waals surface area contributed by atoms with Crippen molar-refractivity contribution >= 4 is 19.8 Å². The molecule has 0 saturated carbocycles. The quantitative estimate of drug-likeness (QED) is 0.744. The summed E-state index contributed by atoms with van der Waals surface area (Å²) in [6, 6.07) is 3.62. The molecule has 2 rings (SSSR count). The Labute approximate surface area is 95.0 Å². The number of hydrogen-bond acceptors (Lipinski definition) is 3. The van der Waals surface area contributed by atoms with Crippen molar-refractivity contribution in [3.05, 3.63) is 30.1 Å². The first kappa shape index (κ1) is 12.7. The fourth-order valence-electron chi connectivity index (χ4n) is 1.70. The van der Waals surface area contributed by atoms with Crippen LogP contribution in [-0.4, -0.2) is 22.6 Å². The van der Waals surface area contributed by atoms with Gasteiger partial charge >= 0.3 is 0 Å². The van der Waals surface area contributed by atoms with Crippen molar-refractivity contribution in [1.29, 1.82) is 0 Å². The highest BCUT2D eigenvalue weighted by Crippen LogP contribution is 2.55. The van der Waals surface area contributed by atoms with E-state index in [1.807, 2.05) is 6.07 Å². The molecule has 2 N–H and O–H groups in total. The van der Waals surface area contributed by atoms with Crippen LogP contribution in [-0.2, 0) is 4.57 Å². The molecule has 2 unspecified atom stereocenters. The Kier molecular flexibility index (Phi) is 4.29. The summed E-state index contributed by atoms with van der Waals surface area (Å²) < 4.78 is 11.8. The van der Waals surface area contributed by atoms with Crippen LogP contribution in [0.1, 0.15) is 17.8 Å². The highest BCUT2D eigenvalue weighted by Gasteiger charge is 2.34. The molecule has 0 spiro atoms. The zero-order chi connectivity index (χ0) is 10.0. The minimum absolute atomic E-state index is 0. The molecule has 2 atom stereocenters. The van der Waals surface area contributed by atoms with E-state index < -0.39 is 13.2 Å². The van der Waals surface area contributed by atoms with Gasteiger partial charge in [-0.25, -0.2) is 0 Å². The van der Waals surface area contributed by atoms with Gasteiger partial charge in [-0.05, 0) is 24.6 Å². The number of rotatable bonds is 1. The van der Waals surface area contributed by atoms with Gasteiger partial charge in [0.25, 0.3) is 0 Å². The molecule has 1 saturated heterocycles. The van der Waals surface area contributed by atoms with Gasteiger partial charge in [0.05, 0.1) is 0 Å². The molecule has 6 heteroatoms. The Morgan fingerprint density at radius 1 is 1.60 bits per heavy atom. The summed E-state index contributed by atoms with van der Waals surface area (Å²) in [6.07, 6.45) is 4.48. The van der Waals surface area contributed by atoms with Gasteiger partial charge in [0.2, 0.25) is 7.37 Å². The molecule has 0 aromatic carbocycles. The van der Waals surface area contributed by atoms with Crippen LogP contribution >= 0.6 is 19.8 Å². The van der Waals surface area contributed by atoms with Crippen molar-refractivity contribution < 1.29 is 9.46 Å². The highest BCUT2D eigenvalue weighted by atomic mass is 35.5. The average molecular weight is 249 g/mol. The van der Waals surface area contributed by atoms with Gasteiger partial charge in [-0.3, -0.25) is 9.55 Å². The largest absolute Gasteiger partial charge is 0.343 e. The van der Waals surface area contributed by atoms with E-state index in [0.29, 0.717) is 6.16 Å². The van der Waals surface area contributed by atoms with E-state index in [2.05, 4.69) is 10.3 Å². The summed E-state index contributed by atoms with van der Waals surface area (Å²) in [5, 5.41) is 3.07. The van der Waals surface area contributed by atoms with E-state index in [9.17, 15) is 9.46 Å². The van der Waals surface area contributed by atoms with Crippen LogP contribution in [0, 0.1) is 0 Å². The van der Waals surface area contributed by atoms with E-state index in [0.717, 1.165) is 18.5 Å². The number of nitrogens with one attached hydrogen (secondary N) is 1. The van der Waals surface area contributed by atoms with Crippen molar-refractivity contribution in [3.8, 4) is 0 Å². The lowest BCUT2D eigenvalue weighted by molar-refractivity contribution is 0.430. The van der Waals surface area contributed by atoms with Crippen molar-refractivity contribution in [2.75, 3.05) is 12.7 Å². The first-order valence-electron chi connectivity index (χ1n) is 4.65. The maximum Gasteiger partial charge on any atom is 0.221 e. The molecule has 1 aromatic rings. The minimum atomic E-state index is -3.07. The SMILES string of the molecule is Cl.O=P1(O)CCCNC1c1cccnc1. The molecule has 84 valence electrons. The maximum absolute atomic E-state index is 11.8. The van der Waals surface area contributed by atoms with Crippen molar-refractivity contribution in [2.24, 2.45) is 0 Å². The Bertz CT molecular complexity index is 360. The molecule has 1 aliphatic heterocycles. The summed E-state index contributed by atoms with van der Waals surface area (Å²) in [4.78, 5) is 13.7. The van der Waals surface area contributed by atoms with Crippen LogP contribution in [0.2, 0.25) is 0 Å². The average Bonchev–Trinajstić information content (AvgIpc) is 2.18. The summed E-state index contributed by atoms with van der Waals surface area (Å²) in [7, 11) is -3.07. The van der Waals surface area contributed by atoms with E-state index in [1.165, 1.54) is 0 Å². The lowest BCUT2D eigenvalue weighted by Gasteiger charge is -2.28. The molecular formula is C9H14ClN2O2P. The first-order valence-corrected chi connectivity index (χ1v) is 6.56. The van der Waals surface area contributed by atoms with Gasteiger partial charge in [-0.2, -0.15) is 0 Å². The topological polar surface area (TPSA) is 62.2 Å². The molecule has 4 nitrogen and oxygen atoms in total. The molecule has 0 aliphatic carbocycles. The zero-order valence-corrected chi connectivity index (χ0v) is 9.88. The number of aromatic nitrogens is 1. The molecule has 0 radical (unpaired) electrons. The number of halogens is 1. The molecular weight excluding hydrogens is 235 g/mol. The molecule has 0 amide bonds. The number of nitrogens with zero attached hydrogens (tertiary/aromatic N) is 1. The maximum atomic E-state index is 11.8. The second-order valence-corrected chi connectivity index (χ2v) is 5.95. The Balaban J connectivity index is 0.00000112. The Hall–Kier alpha value is -0.410. The molecule has 1 aromatic heterocycles. The first-order chi connectivity index (χ1) is 6.70. The van der Waals surface area contributed by atoms with Gasteiger partial charge in [-0.15, -0.1) is 12.4 Å². The van der Waals surface area contributed by atoms with E-state index in [1.54, 1.807) is 18.5 Å². The van der Waals surface area contributed by atoms with Gasteiger partial charge in [0.1, 0.15) is 5.78 Å². The van der Waals surface area contributed by atoms with Gasteiger partial charge in [0, 0.05) is 18.6 Å². The smallest absolute Gasteiger partial charge is 0.221 e. The van der Waals surface area contributed by atoms with Crippen LogP contribution in [0.4, 0.5) is 0 Å². The van der Waals surface area contributed by atoms with Crippen LogP contribution in [0.15, 0.2) is 24.5 Å². The molecule has 1 fully saturated rings. The molecule has 0 bridgehead atoms. The van der Waals surface area contributed by atoms with E-state index >= 15 is 0 Å². The normalized spacial score (nSPS) is 30.6. The third-order valence-corrected chi connectivity index (χ3v) is 4.64. The van der Waals surface area contributed by atoms with Gasteiger partial charge < -0.3 is 10.2 Å². The molecule has 2 heterocycles. The minimum Gasteiger partial charge on any atom is -0.343 e. The van der Waals surface area contributed by atoms with Crippen LogP contribution in [0.25, 0.3) is 0 Å². The fourth-order valence-corrected chi connectivity index (χ4v) is 3.61. The third-order valence-electron chi connectivity index (χ3n) is 2.40.